The number of hydrogen-bond donors (Lipinski definition) is 0. The van der Waals surface area contributed by atoms with Crippen molar-refractivity contribution >= 4 is 11.7 Å². The lowest BCUT2D eigenvalue weighted by atomic mass is 9.95. The van der Waals surface area contributed by atoms with Crippen molar-refractivity contribution < 1.29 is 9.59 Å². The van der Waals surface area contributed by atoms with Gasteiger partial charge in [0.2, 0.25) is 5.78 Å². The number of rotatable bonds is 5. The predicted octanol–water partition coefficient (Wildman–Crippen LogP) is 2.25. The predicted molar refractivity (Wildman–Crippen MR) is 61.6 cm³/mol. The van der Waals surface area contributed by atoms with Crippen molar-refractivity contribution in [2.45, 2.75) is 53.0 Å². The van der Waals surface area contributed by atoms with Crippen LogP contribution >= 0.6 is 0 Å². The first-order chi connectivity index (χ1) is 6.74. The molecule has 0 saturated heterocycles. The van der Waals surface area contributed by atoms with Crippen LogP contribution in [0.1, 0.15) is 47.5 Å². The highest BCUT2D eigenvalue weighted by Crippen LogP contribution is 2.19. The lowest BCUT2D eigenvalue weighted by Crippen LogP contribution is -2.48. The van der Waals surface area contributed by atoms with Crippen molar-refractivity contribution in [3.63, 3.8) is 0 Å². The molecule has 0 aromatic carbocycles. The maximum atomic E-state index is 11.8. The van der Waals surface area contributed by atoms with Gasteiger partial charge in [-0.25, -0.2) is 0 Å². The number of likely N-dealkylation sites (N-methyl/N-ethyl adjacent to an activating group) is 1. The van der Waals surface area contributed by atoms with Gasteiger partial charge >= 0.3 is 0 Å². The summed E-state index contributed by atoms with van der Waals surface area (Å²) in [6.07, 6.45) is 1.90. The minimum Gasteiger partial charge on any atom is -0.334 e. The van der Waals surface area contributed by atoms with E-state index in [0.717, 1.165) is 12.8 Å². The second kappa shape index (κ2) is 5.29. The lowest BCUT2D eigenvalue weighted by Gasteiger charge is -2.35. The molecule has 0 aromatic heterocycles. The van der Waals surface area contributed by atoms with Crippen molar-refractivity contribution in [1.29, 1.82) is 0 Å². The summed E-state index contributed by atoms with van der Waals surface area (Å²) in [5, 5.41) is 0. The van der Waals surface area contributed by atoms with Crippen molar-refractivity contribution in [2.24, 2.45) is 5.92 Å². The largest absolute Gasteiger partial charge is 0.334 e. The Morgan fingerprint density at radius 3 is 2.07 bits per heavy atom. The summed E-state index contributed by atoms with van der Waals surface area (Å²) in [6.45, 7) is 9.55. The smallest absolute Gasteiger partial charge is 0.290 e. The van der Waals surface area contributed by atoms with E-state index in [4.69, 9.17) is 0 Å². The number of ketones is 1. The molecule has 0 aromatic rings. The van der Waals surface area contributed by atoms with Gasteiger partial charge in [-0.15, -0.1) is 0 Å². The number of amides is 1. The summed E-state index contributed by atoms with van der Waals surface area (Å²) >= 11 is 0. The third-order valence-electron chi connectivity index (χ3n) is 2.81. The molecule has 0 spiro atoms. The molecule has 0 radical (unpaired) electrons. The number of Topliss-reactive ketones (excluding diaryl/α,β-unsaturated/α-hetero) is 1. The van der Waals surface area contributed by atoms with Gasteiger partial charge in [0.05, 0.1) is 0 Å². The van der Waals surface area contributed by atoms with E-state index < -0.39 is 0 Å². The molecule has 0 aliphatic rings. The van der Waals surface area contributed by atoms with Crippen LogP contribution in [0.25, 0.3) is 0 Å². The van der Waals surface area contributed by atoms with E-state index in [0.29, 0.717) is 0 Å². The third kappa shape index (κ3) is 3.65. The number of carbonyl (C=O) groups is 2. The second-order valence-electron chi connectivity index (χ2n) is 4.95. The summed E-state index contributed by atoms with van der Waals surface area (Å²) in [6, 6.07) is 0. The summed E-state index contributed by atoms with van der Waals surface area (Å²) < 4.78 is 0. The molecule has 0 atom stereocenters. The molecular formula is C12H23NO2. The standard InChI is InChI=1S/C12H23NO2/c1-7-8-12(4,5)13(6)11(15)10(14)9(2)3/h9H,7-8H2,1-6H3. The fourth-order valence-electron chi connectivity index (χ4n) is 1.47. The first kappa shape index (κ1) is 14.1. The van der Waals surface area contributed by atoms with Crippen LogP contribution < -0.4 is 0 Å². The Kier molecular flexibility index (Phi) is 4.98. The van der Waals surface area contributed by atoms with Gasteiger partial charge in [-0.1, -0.05) is 27.2 Å². The van der Waals surface area contributed by atoms with Gasteiger partial charge in [0.15, 0.2) is 0 Å². The molecule has 0 fully saturated rings. The Hall–Kier alpha value is -0.860. The summed E-state index contributed by atoms with van der Waals surface area (Å²) in [5.41, 5.74) is -0.240. The zero-order valence-corrected chi connectivity index (χ0v) is 10.8. The number of nitrogens with zero attached hydrogens (tertiary/aromatic N) is 1. The van der Waals surface area contributed by atoms with Crippen LogP contribution in [0.2, 0.25) is 0 Å². The molecule has 0 saturated carbocycles. The normalized spacial score (nSPS) is 11.7. The van der Waals surface area contributed by atoms with Crippen LogP contribution in [0.15, 0.2) is 0 Å². The Bertz CT molecular complexity index is 244. The average molecular weight is 213 g/mol. The first-order valence-corrected chi connectivity index (χ1v) is 5.56. The van der Waals surface area contributed by atoms with Crippen LogP contribution in [0, 0.1) is 5.92 Å². The molecule has 0 unspecified atom stereocenters. The van der Waals surface area contributed by atoms with Gasteiger partial charge in [0.1, 0.15) is 0 Å². The fourth-order valence-corrected chi connectivity index (χ4v) is 1.47. The van der Waals surface area contributed by atoms with Crippen molar-refractivity contribution in [1.82, 2.24) is 4.90 Å². The van der Waals surface area contributed by atoms with Gasteiger partial charge in [-0.05, 0) is 20.3 Å². The van der Waals surface area contributed by atoms with E-state index in [-0.39, 0.29) is 23.1 Å². The molecule has 3 heteroatoms. The average Bonchev–Trinajstić information content (AvgIpc) is 2.14. The second-order valence-corrected chi connectivity index (χ2v) is 4.95. The lowest BCUT2D eigenvalue weighted by molar-refractivity contribution is -0.148. The molecular weight excluding hydrogens is 190 g/mol. The molecule has 0 aliphatic carbocycles. The SMILES string of the molecule is CCCC(C)(C)N(C)C(=O)C(=O)C(C)C. The van der Waals surface area contributed by atoms with Crippen molar-refractivity contribution in [3.8, 4) is 0 Å². The van der Waals surface area contributed by atoms with Crippen LogP contribution in [-0.4, -0.2) is 29.2 Å². The van der Waals surface area contributed by atoms with E-state index in [1.807, 2.05) is 13.8 Å². The monoisotopic (exact) mass is 213 g/mol. The Balaban J connectivity index is 4.64. The molecule has 0 aliphatic heterocycles. The van der Waals surface area contributed by atoms with E-state index in [2.05, 4.69) is 6.92 Å². The topological polar surface area (TPSA) is 37.4 Å². The number of carbonyl (C=O) groups excluding carboxylic acids is 2. The van der Waals surface area contributed by atoms with Gasteiger partial charge in [0.25, 0.3) is 5.91 Å². The summed E-state index contributed by atoms with van der Waals surface area (Å²) in [4.78, 5) is 24.9. The quantitative estimate of drug-likeness (QED) is 0.657. The van der Waals surface area contributed by atoms with Gasteiger partial charge < -0.3 is 4.90 Å². The highest BCUT2D eigenvalue weighted by Gasteiger charge is 2.31. The van der Waals surface area contributed by atoms with Gasteiger partial charge in [-0.2, -0.15) is 0 Å². The molecule has 3 nitrogen and oxygen atoms in total. The summed E-state index contributed by atoms with van der Waals surface area (Å²) in [5.74, 6) is -0.900. The Morgan fingerprint density at radius 1 is 1.27 bits per heavy atom. The molecule has 1 amide bonds. The Morgan fingerprint density at radius 2 is 1.73 bits per heavy atom. The molecule has 0 bridgehead atoms. The zero-order chi connectivity index (χ0) is 12.2. The van der Waals surface area contributed by atoms with Crippen molar-refractivity contribution in [2.75, 3.05) is 7.05 Å². The van der Waals surface area contributed by atoms with E-state index in [9.17, 15) is 9.59 Å². The van der Waals surface area contributed by atoms with Crippen LogP contribution in [0.3, 0.4) is 0 Å². The van der Waals surface area contributed by atoms with E-state index in [1.54, 1.807) is 25.8 Å². The van der Waals surface area contributed by atoms with Crippen LogP contribution in [0.5, 0.6) is 0 Å². The maximum Gasteiger partial charge on any atom is 0.290 e. The Labute approximate surface area is 92.8 Å². The fraction of sp³-hybridized carbons (Fsp3) is 0.833. The first-order valence-electron chi connectivity index (χ1n) is 5.56. The molecule has 0 rings (SSSR count). The minimum absolute atomic E-state index is 0.225. The molecule has 88 valence electrons. The zero-order valence-electron chi connectivity index (χ0n) is 10.8. The molecule has 0 heterocycles. The highest BCUT2D eigenvalue weighted by atomic mass is 16.2. The van der Waals surface area contributed by atoms with E-state index >= 15 is 0 Å². The van der Waals surface area contributed by atoms with E-state index in [1.165, 1.54) is 0 Å². The number of hydrogen-bond acceptors (Lipinski definition) is 2. The molecule has 0 N–H and O–H groups in total. The summed E-state index contributed by atoms with van der Waals surface area (Å²) in [7, 11) is 1.71. The molecule has 15 heavy (non-hydrogen) atoms. The van der Waals surface area contributed by atoms with Crippen LogP contribution in [0.4, 0.5) is 0 Å². The highest BCUT2D eigenvalue weighted by molar-refractivity contribution is 6.36. The maximum absolute atomic E-state index is 11.8. The van der Waals surface area contributed by atoms with Crippen molar-refractivity contribution in [3.05, 3.63) is 0 Å². The minimum atomic E-state index is -0.372. The van der Waals surface area contributed by atoms with Crippen LogP contribution in [-0.2, 0) is 9.59 Å². The third-order valence-corrected chi connectivity index (χ3v) is 2.81. The van der Waals surface area contributed by atoms with Gasteiger partial charge in [-0.3, -0.25) is 9.59 Å². The van der Waals surface area contributed by atoms with Gasteiger partial charge in [0, 0.05) is 18.5 Å².